The molecule has 2 aromatic rings. The monoisotopic (exact) mass is 315 g/mol. The second-order valence-electron chi connectivity index (χ2n) is 5.44. The minimum atomic E-state index is -0.395. The van der Waals surface area contributed by atoms with E-state index in [-0.39, 0.29) is 11.6 Å². The van der Waals surface area contributed by atoms with E-state index in [0.29, 0.717) is 30.8 Å². The molecule has 3 rings (SSSR count). The first kappa shape index (κ1) is 15.0. The molecule has 3 N–H and O–H groups in total. The van der Waals surface area contributed by atoms with Crippen molar-refractivity contribution in [3.63, 3.8) is 0 Å². The maximum absolute atomic E-state index is 11.5. The number of carbonyl (C=O) groups excluding carboxylic acids is 1. The van der Waals surface area contributed by atoms with E-state index in [9.17, 15) is 14.9 Å². The lowest BCUT2D eigenvalue weighted by Gasteiger charge is -2.18. The third-order valence-electron chi connectivity index (χ3n) is 3.81. The number of aromatic nitrogens is 2. The molecule has 1 aromatic heterocycles. The number of benzene rings is 1. The number of anilines is 2. The number of aromatic amines is 1. The number of nitro benzene ring substituents is 1. The van der Waals surface area contributed by atoms with E-state index in [1.54, 1.807) is 18.3 Å². The Morgan fingerprint density at radius 1 is 1.35 bits per heavy atom. The fourth-order valence-corrected chi connectivity index (χ4v) is 2.63. The summed E-state index contributed by atoms with van der Waals surface area (Å²) in [6.45, 7) is 0.590. The summed E-state index contributed by atoms with van der Waals surface area (Å²) in [4.78, 5) is 22.3. The summed E-state index contributed by atoms with van der Waals surface area (Å²) >= 11 is 0. The van der Waals surface area contributed by atoms with Gasteiger partial charge in [-0.25, -0.2) is 0 Å². The number of nitrogens with zero attached hydrogens (tertiary/aromatic N) is 2. The summed E-state index contributed by atoms with van der Waals surface area (Å²) in [5.74, 6) is -0.0588. The zero-order valence-corrected chi connectivity index (χ0v) is 12.5. The average molecular weight is 315 g/mol. The summed E-state index contributed by atoms with van der Waals surface area (Å²) in [6, 6.07) is 5.10. The standard InChI is InChI=1S/C15H17N5O3/c21-15-4-3-10-8-14(20(22)23)13(9-12(10)18-15)16-6-1-2-11-5-7-17-19-11/h5,7-9,16H,1-4,6H2,(H,17,19)(H,18,21). The minimum absolute atomic E-state index is 0.0430. The third kappa shape index (κ3) is 3.47. The van der Waals surface area contributed by atoms with Crippen LogP contribution in [-0.4, -0.2) is 27.6 Å². The van der Waals surface area contributed by atoms with Gasteiger partial charge in [0.05, 0.1) is 4.92 Å². The molecule has 8 nitrogen and oxygen atoms in total. The van der Waals surface area contributed by atoms with Gasteiger partial charge in [0.25, 0.3) is 5.69 Å². The van der Waals surface area contributed by atoms with Gasteiger partial charge in [-0.05, 0) is 37.0 Å². The van der Waals surface area contributed by atoms with Crippen molar-refractivity contribution >= 4 is 23.0 Å². The summed E-state index contributed by atoms with van der Waals surface area (Å²) in [6.07, 6.45) is 4.20. The van der Waals surface area contributed by atoms with Gasteiger partial charge in [0.15, 0.2) is 0 Å². The normalized spacial score (nSPS) is 13.3. The van der Waals surface area contributed by atoms with Crippen LogP contribution in [-0.2, 0) is 17.6 Å². The van der Waals surface area contributed by atoms with Crippen LogP contribution < -0.4 is 10.6 Å². The predicted molar refractivity (Wildman–Crippen MR) is 85.4 cm³/mol. The predicted octanol–water partition coefficient (Wildman–Crippen LogP) is 2.25. The maximum atomic E-state index is 11.5. The molecule has 0 atom stereocenters. The number of H-pyrrole nitrogens is 1. The van der Waals surface area contributed by atoms with Crippen LogP contribution in [0.15, 0.2) is 24.4 Å². The molecule has 0 radical (unpaired) electrons. The molecule has 0 aliphatic carbocycles. The number of hydrogen-bond donors (Lipinski definition) is 3. The van der Waals surface area contributed by atoms with Gasteiger partial charge >= 0.3 is 0 Å². The molecular weight excluding hydrogens is 298 g/mol. The Kier molecular flexibility index (Phi) is 4.22. The summed E-state index contributed by atoms with van der Waals surface area (Å²) < 4.78 is 0. The van der Waals surface area contributed by atoms with Gasteiger partial charge in [0.1, 0.15) is 5.69 Å². The molecule has 1 amide bonds. The highest BCUT2D eigenvalue weighted by atomic mass is 16.6. The number of amides is 1. The number of carbonyl (C=O) groups is 1. The maximum Gasteiger partial charge on any atom is 0.292 e. The zero-order chi connectivity index (χ0) is 16.2. The Morgan fingerprint density at radius 3 is 2.96 bits per heavy atom. The van der Waals surface area contributed by atoms with E-state index in [1.807, 2.05) is 6.07 Å². The van der Waals surface area contributed by atoms with E-state index in [1.165, 1.54) is 0 Å². The van der Waals surface area contributed by atoms with Crippen LogP contribution in [0.25, 0.3) is 0 Å². The van der Waals surface area contributed by atoms with Crippen molar-refractivity contribution in [2.75, 3.05) is 17.2 Å². The highest BCUT2D eigenvalue weighted by molar-refractivity contribution is 5.95. The SMILES string of the molecule is O=C1CCc2cc([N+](=O)[O-])c(NCCCc3ccn[nH]3)cc2N1. The lowest BCUT2D eigenvalue weighted by molar-refractivity contribution is -0.384. The molecule has 0 unspecified atom stereocenters. The van der Waals surface area contributed by atoms with Gasteiger partial charge in [-0.3, -0.25) is 20.0 Å². The molecule has 0 saturated carbocycles. The number of rotatable bonds is 6. The Balaban J connectivity index is 1.70. The minimum Gasteiger partial charge on any atom is -0.379 e. The molecule has 2 heterocycles. The van der Waals surface area contributed by atoms with Crippen molar-refractivity contribution in [2.24, 2.45) is 0 Å². The number of aryl methyl sites for hydroxylation is 2. The quantitative estimate of drug-likeness (QED) is 0.430. The molecule has 1 aromatic carbocycles. The molecule has 0 spiro atoms. The van der Waals surface area contributed by atoms with Crippen LogP contribution in [0.1, 0.15) is 24.1 Å². The molecule has 8 heteroatoms. The summed E-state index contributed by atoms with van der Waals surface area (Å²) in [7, 11) is 0. The number of nitro groups is 1. The van der Waals surface area contributed by atoms with Crippen LogP contribution in [0.3, 0.4) is 0 Å². The third-order valence-corrected chi connectivity index (χ3v) is 3.81. The highest BCUT2D eigenvalue weighted by Gasteiger charge is 2.22. The van der Waals surface area contributed by atoms with E-state index in [4.69, 9.17) is 0 Å². The van der Waals surface area contributed by atoms with E-state index >= 15 is 0 Å². The van der Waals surface area contributed by atoms with Crippen molar-refractivity contribution in [3.8, 4) is 0 Å². The Bertz CT molecular complexity index is 727. The van der Waals surface area contributed by atoms with E-state index < -0.39 is 4.92 Å². The summed E-state index contributed by atoms with van der Waals surface area (Å²) in [5, 5.41) is 23.9. The van der Waals surface area contributed by atoms with Gasteiger partial charge < -0.3 is 10.6 Å². The van der Waals surface area contributed by atoms with Crippen molar-refractivity contribution in [1.29, 1.82) is 0 Å². The van der Waals surface area contributed by atoms with Crippen molar-refractivity contribution < 1.29 is 9.72 Å². The lowest BCUT2D eigenvalue weighted by atomic mass is 10.0. The van der Waals surface area contributed by atoms with Gasteiger partial charge in [-0.2, -0.15) is 5.10 Å². The molecule has 1 aliphatic heterocycles. The fraction of sp³-hybridized carbons (Fsp3) is 0.333. The van der Waals surface area contributed by atoms with Crippen LogP contribution in [0.2, 0.25) is 0 Å². The van der Waals surface area contributed by atoms with Crippen molar-refractivity contribution in [1.82, 2.24) is 10.2 Å². The highest BCUT2D eigenvalue weighted by Crippen LogP contribution is 2.34. The van der Waals surface area contributed by atoms with Crippen LogP contribution in [0.5, 0.6) is 0 Å². The first-order valence-corrected chi connectivity index (χ1v) is 7.47. The molecular formula is C15H17N5O3. The number of fused-ring (bicyclic) bond motifs is 1. The number of nitrogens with one attached hydrogen (secondary N) is 3. The molecule has 23 heavy (non-hydrogen) atoms. The van der Waals surface area contributed by atoms with Crippen LogP contribution in [0.4, 0.5) is 17.1 Å². The first-order valence-electron chi connectivity index (χ1n) is 7.47. The van der Waals surface area contributed by atoms with Crippen molar-refractivity contribution in [3.05, 3.63) is 45.8 Å². The van der Waals surface area contributed by atoms with Crippen molar-refractivity contribution in [2.45, 2.75) is 25.7 Å². The number of hydrogen-bond acceptors (Lipinski definition) is 5. The smallest absolute Gasteiger partial charge is 0.292 e. The van der Waals surface area contributed by atoms with Gasteiger partial charge in [-0.1, -0.05) is 0 Å². The molecule has 1 aliphatic rings. The Morgan fingerprint density at radius 2 is 2.22 bits per heavy atom. The van der Waals surface area contributed by atoms with Gasteiger partial charge in [-0.15, -0.1) is 0 Å². The van der Waals surface area contributed by atoms with Crippen LogP contribution >= 0.6 is 0 Å². The Hall–Kier alpha value is -2.90. The average Bonchev–Trinajstić information content (AvgIpc) is 3.03. The summed E-state index contributed by atoms with van der Waals surface area (Å²) in [5.41, 5.74) is 2.96. The zero-order valence-electron chi connectivity index (χ0n) is 12.5. The van der Waals surface area contributed by atoms with Gasteiger partial charge in [0, 0.05) is 36.6 Å². The second-order valence-corrected chi connectivity index (χ2v) is 5.44. The Labute approximate surface area is 132 Å². The molecule has 0 bridgehead atoms. The lowest BCUT2D eigenvalue weighted by Crippen LogP contribution is -2.19. The molecule has 0 fully saturated rings. The second kappa shape index (κ2) is 6.47. The largest absolute Gasteiger partial charge is 0.379 e. The van der Waals surface area contributed by atoms with E-state index in [2.05, 4.69) is 20.8 Å². The molecule has 0 saturated heterocycles. The topological polar surface area (TPSA) is 113 Å². The first-order chi connectivity index (χ1) is 11.1. The van der Waals surface area contributed by atoms with Crippen LogP contribution in [0, 0.1) is 10.1 Å². The fourth-order valence-electron chi connectivity index (χ4n) is 2.63. The van der Waals surface area contributed by atoms with Gasteiger partial charge in [0.2, 0.25) is 5.91 Å². The molecule has 120 valence electrons. The van der Waals surface area contributed by atoms with E-state index in [0.717, 1.165) is 24.1 Å².